The lowest BCUT2D eigenvalue weighted by Gasteiger charge is -2.32. The zero-order valence-corrected chi connectivity index (χ0v) is 12.1. The fourth-order valence-corrected chi connectivity index (χ4v) is 3.50. The molecule has 5 nitrogen and oxygen atoms in total. The highest BCUT2D eigenvalue weighted by Gasteiger charge is 2.32. The third-order valence-electron chi connectivity index (χ3n) is 3.64. The van der Waals surface area contributed by atoms with Gasteiger partial charge < -0.3 is 14.7 Å². The van der Waals surface area contributed by atoms with Gasteiger partial charge in [0.25, 0.3) is 0 Å². The van der Waals surface area contributed by atoms with E-state index in [9.17, 15) is 14.7 Å². The molecule has 0 bridgehead atoms. The average molecular weight is 305 g/mol. The van der Waals surface area contributed by atoms with Gasteiger partial charge >= 0.3 is 5.97 Å². The maximum atomic E-state index is 12.4. The molecule has 1 fully saturated rings. The van der Waals surface area contributed by atoms with Crippen molar-refractivity contribution in [2.45, 2.75) is 12.5 Å². The Morgan fingerprint density at radius 1 is 1.38 bits per heavy atom. The van der Waals surface area contributed by atoms with Gasteiger partial charge in [-0.15, -0.1) is 11.3 Å². The molecule has 6 heteroatoms. The Hall–Kier alpha value is -1.92. The SMILES string of the molecule is O=C(O)C1COCCN1C(=O)Cc1csc2ccccc12. The van der Waals surface area contributed by atoms with Crippen molar-refractivity contribution in [3.63, 3.8) is 0 Å². The van der Waals surface area contributed by atoms with Crippen LogP contribution in [-0.4, -0.2) is 47.7 Å². The van der Waals surface area contributed by atoms with E-state index in [-0.39, 0.29) is 18.9 Å². The number of thiophene rings is 1. The van der Waals surface area contributed by atoms with E-state index in [1.54, 1.807) is 11.3 Å². The van der Waals surface area contributed by atoms with Crippen molar-refractivity contribution in [3.8, 4) is 0 Å². The predicted octanol–water partition coefficient (Wildman–Crippen LogP) is 1.76. The van der Waals surface area contributed by atoms with E-state index in [1.165, 1.54) is 4.90 Å². The second kappa shape index (κ2) is 5.83. The summed E-state index contributed by atoms with van der Waals surface area (Å²) in [5.41, 5.74) is 0.955. The Morgan fingerprint density at radius 3 is 3.00 bits per heavy atom. The minimum Gasteiger partial charge on any atom is -0.480 e. The summed E-state index contributed by atoms with van der Waals surface area (Å²) >= 11 is 1.60. The van der Waals surface area contributed by atoms with E-state index < -0.39 is 12.0 Å². The Labute approximate surface area is 125 Å². The van der Waals surface area contributed by atoms with Crippen LogP contribution in [0.1, 0.15) is 5.56 Å². The van der Waals surface area contributed by atoms with Gasteiger partial charge in [0.1, 0.15) is 0 Å². The quantitative estimate of drug-likeness (QED) is 0.938. The molecule has 21 heavy (non-hydrogen) atoms. The van der Waals surface area contributed by atoms with Gasteiger partial charge in [0.2, 0.25) is 5.91 Å². The van der Waals surface area contributed by atoms with Crippen molar-refractivity contribution in [3.05, 3.63) is 35.2 Å². The molecule has 0 spiro atoms. The number of ether oxygens (including phenoxy) is 1. The maximum Gasteiger partial charge on any atom is 0.328 e. The second-order valence-electron chi connectivity index (χ2n) is 4.95. The maximum absolute atomic E-state index is 12.4. The number of rotatable bonds is 3. The number of carboxylic acid groups (broad SMARTS) is 1. The summed E-state index contributed by atoms with van der Waals surface area (Å²) in [5.74, 6) is -1.17. The summed E-state index contributed by atoms with van der Waals surface area (Å²) in [6.07, 6.45) is 0.230. The highest BCUT2D eigenvalue weighted by molar-refractivity contribution is 7.17. The van der Waals surface area contributed by atoms with Gasteiger partial charge in [-0.3, -0.25) is 4.79 Å². The highest BCUT2D eigenvalue weighted by atomic mass is 32.1. The van der Waals surface area contributed by atoms with Crippen LogP contribution in [0.5, 0.6) is 0 Å². The van der Waals surface area contributed by atoms with Crippen LogP contribution >= 0.6 is 11.3 Å². The topological polar surface area (TPSA) is 66.8 Å². The smallest absolute Gasteiger partial charge is 0.328 e. The van der Waals surface area contributed by atoms with E-state index >= 15 is 0 Å². The van der Waals surface area contributed by atoms with Gasteiger partial charge in [-0.25, -0.2) is 4.79 Å². The van der Waals surface area contributed by atoms with Gasteiger partial charge in [0.05, 0.1) is 19.6 Å². The number of nitrogens with zero attached hydrogens (tertiary/aromatic N) is 1. The van der Waals surface area contributed by atoms with Gasteiger partial charge in [-0.2, -0.15) is 0 Å². The molecule has 0 aliphatic carbocycles. The molecule has 110 valence electrons. The van der Waals surface area contributed by atoms with Gasteiger partial charge in [-0.1, -0.05) is 18.2 Å². The Morgan fingerprint density at radius 2 is 2.19 bits per heavy atom. The summed E-state index contributed by atoms with van der Waals surface area (Å²) in [7, 11) is 0. The summed E-state index contributed by atoms with van der Waals surface area (Å²) in [4.78, 5) is 25.1. The number of hydrogen-bond donors (Lipinski definition) is 1. The minimum absolute atomic E-state index is 0.0610. The summed E-state index contributed by atoms with van der Waals surface area (Å²) in [5, 5.41) is 12.2. The second-order valence-corrected chi connectivity index (χ2v) is 5.86. The number of hydrogen-bond acceptors (Lipinski definition) is 4. The number of aliphatic carboxylic acids is 1. The van der Waals surface area contributed by atoms with E-state index in [0.717, 1.165) is 15.6 Å². The van der Waals surface area contributed by atoms with E-state index in [0.29, 0.717) is 13.2 Å². The molecule has 1 amide bonds. The van der Waals surface area contributed by atoms with E-state index in [2.05, 4.69) is 0 Å². The number of carbonyl (C=O) groups is 2. The van der Waals surface area contributed by atoms with Crippen LogP contribution in [0.3, 0.4) is 0 Å². The van der Waals surface area contributed by atoms with Crippen LogP contribution in [-0.2, 0) is 20.7 Å². The van der Waals surface area contributed by atoms with Crippen molar-refractivity contribution in [2.24, 2.45) is 0 Å². The van der Waals surface area contributed by atoms with Crippen LogP contribution in [0.15, 0.2) is 29.6 Å². The first-order chi connectivity index (χ1) is 10.2. The fourth-order valence-electron chi connectivity index (χ4n) is 2.54. The van der Waals surface area contributed by atoms with Crippen LogP contribution in [0.25, 0.3) is 10.1 Å². The lowest BCUT2D eigenvalue weighted by Crippen LogP contribution is -2.53. The molecule has 1 aromatic heterocycles. The van der Waals surface area contributed by atoms with E-state index in [1.807, 2.05) is 29.6 Å². The number of benzene rings is 1. The molecular weight excluding hydrogens is 290 g/mol. The number of morpholine rings is 1. The number of carbonyl (C=O) groups excluding carboxylic acids is 1. The summed E-state index contributed by atoms with van der Waals surface area (Å²) < 4.78 is 6.29. The first kappa shape index (κ1) is 14.0. The van der Waals surface area contributed by atoms with Crippen molar-refractivity contribution in [1.82, 2.24) is 4.90 Å². The van der Waals surface area contributed by atoms with Crippen LogP contribution < -0.4 is 0 Å². The largest absolute Gasteiger partial charge is 0.480 e. The zero-order valence-electron chi connectivity index (χ0n) is 11.3. The lowest BCUT2D eigenvalue weighted by atomic mass is 10.1. The first-order valence-corrected chi connectivity index (χ1v) is 7.60. The molecule has 1 unspecified atom stereocenters. The van der Waals surface area contributed by atoms with Gasteiger partial charge in [0.15, 0.2) is 6.04 Å². The standard InChI is InChI=1S/C15H15NO4S/c17-14(16-5-6-20-8-12(16)15(18)19)7-10-9-21-13-4-2-1-3-11(10)13/h1-4,9,12H,5-8H2,(H,18,19). The molecule has 1 saturated heterocycles. The number of carboxylic acids is 1. The molecule has 1 atom stereocenters. The van der Waals surface area contributed by atoms with Gasteiger partial charge in [-0.05, 0) is 22.4 Å². The molecule has 1 aliphatic rings. The third kappa shape index (κ3) is 2.77. The molecule has 1 aliphatic heterocycles. The summed E-state index contributed by atoms with van der Waals surface area (Å²) in [6, 6.07) is 7.03. The van der Waals surface area contributed by atoms with Gasteiger partial charge in [0, 0.05) is 11.2 Å². The highest BCUT2D eigenvalue weighted by Crippen LogP contribution is 2.26. The predicted molar refractivity (Wildman–Crippen MR) is 79.5 cm³/mol. The Bertz CT molecular complexity index is 681. The molecule has 0 radical (unpaired) electrons. The van der Waals surface area contributed by atoms with Crippen LogP contribution in [0.4, 0.5) is 0 Å². The number of fused-ring (bicyclic) bond motifs is 1. The Balaban J connectivity index is 1.80. The normalized spacial score (nSPS) is 18.9. The van der Waals surface area contributed by atoms with Crippen molar-refractivity contribution >= 4 is 33.3 Å². The van der Waals surface area contributed by atoms with Crippen molar-refractivity contribution in [1.29, 1.82) is 0 Å². The third-order valence-corrected chi connectivity index (χ3v) is 4.65. The molecule has 3 rings (SSSR count). The molecule has 1 N–H and O–H groups in total. The van der Waals surface area contributed by atoms with Crippen molar-refractivity contribution < 1.29 is 19.4 Å². The fraction of sp³-hybridized carbons (Fsp3) is 0.333. The zero-order chi connectivity index (χ0) is 14.8. The van der Waals surface area contributed by atoms with Crippen molar-refractivity contribution in [2.75, 3.05) is 19.8 Å². The number of amides is 1. The molecule has 2 heterocycles. The summed E-state index contributed by atoms with van der Waals surface area (Å²) in [6.45, 7) is 0.781. The Kier molecular flexibility index (Phi) is 3.90. The molecule has 1 aromatic carbocycles. The lowest BCUT2D eigenvalue weighted by molar-refractivity contribution is -0.157. The molecule has 0 saturated carbocycles. The van der Waals surface area contributed by atoms with Crippen LogP contribution in [0.2, 0.25) is 0 Å². The van der Waals surface area contributed by atoms with Crippen LogP contribution in [0, 0.1) is 0 Å². The minimum atomic E-state index is -1.02. The molecule has 2 aromatic rings. The first-order valence-electron chi connectivity index (χ1n) is 6.72. The van der Waals surface area contributed by atoms with E-state index in [4.69, 9.17) is 4.74 Å². The monoisotopic (exact) mass is 305 g/mol. The average Bonchev–Trinajstić information content (AvgIpc) is 2.90. The molecular formula is C15H15NO4S.